The molecule has 2 N–H and O–H groups in total. The molecule has 0 aromatic heterocycles. The molecule has 1 aliphatic heterocycles. The van der Waals surface area contributed by atoms with Crippen molar-refractivity contribution in [2.24, 2.45) is 10.4 Å². The largest absolute Gasteiger partial charge is 0.379 e. The zero-order valence-corrected chi connectivity index (χ0v) is 16.9. The highest BCUT2D eigenvalue weighted by Crippen LogP contribution is 2.54. The van der Waals surface area contributed by atoms with Crippen molar-refractivity contribution in [3.05, 3.63) is 0 Å². The maximum absolute atomic E-state index is 6.05. The molecule has 0 amide bonds. The summed E-state index contributed by atoms with van der Waals surface area (Å²) in [6.07, 6.45) is 6.80. The van der Waals surface area contributed by atoms with Gasteiger partial charge in [-0.2, -0.15) is 0 Å². The van der Waals surface area contributed by atoms with Crippen molar-refractivity contribution in [3.63, 3.8) is 0 Å². The quantitative estimate of drug-likeness (QED) is 0.533. The van der Waals surface area contributed by atoms with Crippen LogP contribution in [0.3, 0.4) is 0 Å². The second-order valence-corrected chi connectivity index (χ2v) is 8.03. The maximum atomic E-state index is 6.05. The van der Waals surface area contributed by atoms with E-state index in [9.17, 15) is 0 Å². The third-order valence-electron chi connectivity index (χ3n) is 6.53. The minimum Gasteiger partial charge on any atom is -0.379 e. The van der Waals surface area contributed by atoms with Gasteiger partial charge in [0.05, 0.1) is 25.9 Å². The van der Waals surface area contributed by atoms with E-state index in [1.54, 1.807) is 0 Å². The molecule has 26 heavy (non-hydrogen) atoms. The summed E-state index contributed by atoms with van der Waals surface area (Å²) in [6, 6.07) is 0.949. The van der Waals surface area contributed by atoms with Gasteiger partial charge in [0.25, 0.3) is 0 Å². The van der Waals surface area contributed by atoms with Crippen LogP contribution in [0, 0.1) is 5.41 Å². The Bertz CT molecular complexity index is 459. The summed E-state index contributed by atoms with van der Waals surface area (Å²) >= 11 is 0. The Kier molecular flexibility index (Phi) is 7.18. The highest BCUT2D eigenvalue weighted by molar-refractivity contribution is 5.80. The van der Waals surface area contributed by atoms with E-state index in [-0.39, 0.29) is 0 Å². The first-order valence-electron chi connectivity index (χ1n) is 10.7. The van der Waals surface area contributed by atoms with Gasteiger partial charge in [-0.3, -0.25) is 9.89 Å². The van der Waals surface area contributed by atoms with Crippen molar-refractivity contribution < 1.29 is 9.47 Å². The van der Waals surface area contributed by atoms with Gasteiger partial charge in [-0.1, -0.05) is 12.8 Å². The summed E-state index contributed by atoms with van der Waals surface area (Å²) in [5, 5.41) is 7.20. The molecule has 6 heteroatoms. The predicted octanol–water partition coefficient (Wildman–Crippen LogP) is 2.00. The average Bonchev–Trinajstić information content (AvgIpc) is 3.19. The van der Waals surface area contributed by atoms with Crippen LogP contribution in [0.4, 0.5) is 0 Å². The number of ether oxygens (including phenoxy) is 2. The van der Waals surface area contributed by atoms with E-state index in [0.717, 1.165) is 58.4 Å². The second kappa shape index (κ2) is 9.38. The minimum absolute atomic E-state index is 0.335. The van der Waals surface area contributed by atoms with Gasteiger partial charge in [-0.25, -0.2) is 0 Å². The number of aliphatic imine (C=N–C) groups is 1. The Balaban J connectivity index is 1.57. The third kappa shape index (κ3) is 4.34. The normalized spacial score (nSPS) is 30.2. The summed E-state index contributed by atoms with van der Waals surface area (Å²) in [7, 11) is 0. The van der Waals surface area contributed by atoms with Gasteiger partial charge in [0, 0.05) is 43.7 Å². The van der Waals surface area contributed by atoms with Gasteiger partial charge >= 0.3 is 0 Å². The lowest BCUT2D eigenvalue weighted by Crippen LogP contribution is -2.65. The topological polar surface area (TPSA) is 58.1 Å². The van der Waals surface area contributed by atoms with Gasteiger partial charge in [0.15, 0.2) is 5.96 Å². The fourth-order valence-electron chi connectivity index (χ4n) is 4.93. The van der Waals surface area contributed by atoms with E-state index in [2.05, 4.69) is 36.3 Å². The zero-order valence-electron chi connectivity index (χ0n) is 16.9. The molecule has 0 bridgehead atoms. The zero-order chi connectivity index (χ0) is 18.4. The van der Waals surface area contributed by atoms with Crippen LogP contribution >= 0.6 is 0 Å². The lowest BCUT2D eigenvalue weighted by molar-refractivity contribution is -0.125. The van der Waals surface area contributed by atoms with E-state index in [4.69, 9.17) is 14.5 Å². The third-order valence-corrected chi connectivity index (χ3v) is 6.53. The van der Waals surface area contributed by atoms with E-state index in [1.807, 2.05) is 0 Å². The Morgan fingerprint density at radius 2 is 2.00 bits per heavy atom. The van der Waals surface area contributed by atoms with Crippen molar-refractivity contribution in [1.82, 2.24) is 15.5 Å². The number of guanidine groups is 1. The Labute approximate surface area is 159 Å². The molecule has 3 aliphatic rings. The fraction of sp³-hybridized carbons (Fsp3) is 0.950. The molecule has 3 unspecified atom stereocenters. The van der Waals surface area contributed by atoms with Gasteiger partial charge in [0.1, 0.15) is 0 Å². The molecule has 1 heterocycles. The molecule has 6 nitrogen and oxygen atoms in total. The molecular formula is C20H38N4O2. The molecule has 1 spiro atoms. The van der Waals surface area contributed by atoms with Crippen molar-refractivity contribution in [2.45, 2.75) is 71.1 Å². The smallest absolute Gasteiger partial charge is 0.191 e. The number of hydrogen-bond acceptors (Lipinski definition) is 4. The van der Waals surface area contributed by atoms with Crippen LogP contribution in [-0.4, -0.2) is 75.0 Å². The molecule has 1 saturated heterocycles. The van der Waals surface area contributed by atoms with Crippen molar-refractivity contribution in [1.29, 1.82) is 0 Å². The molecule has 0 aromatic rings. The lowest BCUT2D eigenvalue weighted by Gasteiger charge is -2.54. The van der Waals surface area contributed by atoms with E-state index >= 15 is 0 Å². The highest BCUT2D eigenvalue weighted by atomic mass is 16.5. The van der Waals surface area contributed by atoms with E-state index in [1.165, 1.54) is 25.7 Å². The summed E-state index contributed by atoms with van der Waals surface area (Å²) < 4.78 is 11.5. The van der Waals surface area contributed by atoms with Crippen molar-refractivity contribution in [2.75, 3.05) is 46.0 Å². The Hall–Kier alpha value is -0.850. The molecule has 3 rings (SSSR count). The molecule has 0 radical (unpaired) electrons. The molecule has 150 valence electrons. The number of morpholine rings is 1. The molecule has 0 aromatic carbocycles. The number of nitrogens with zero attached hydrogens (tertiary/aromatic N) is 2. The fourth-order valence-corrected chi connectivity index (χ4v) is 4.93. The highest BCUT2D eigenvalue weighted by Gasteiger charge is 2.56. The first-order valence-corrected chi connectivity index (χ1v) is 10.7. The van der Waals surface area contributed by atoms with Gasteiger partial charge in [-0.15, -0.1) is 0 Å². The summed E-state index contributed by atoms with van der Waals surface area (Å²) in [5.74, 6) is 0.971. The van der Waals surface area contributed by atoms with Gasteiger partial charge in [-0.05, 0) is 40.0 Å². The Morgan fingerprint density at radius 1 is 1.27 bits per heavy atom. The minimum atomic E-state index is 0.335. The van der Waals surface area contributed by atoms with Crippen LogP contribution in [0.1, 0.15) is 52.9 Å². The molecule has 3 fully saturated rings. The summed E-state index contributed by atoms with van der Waals surface area (Å²) in [4.78, 5) is 7.38. The van der Waals surface area contributed by atoms with Crippen molar-refractivity contribution in [3.8, 4) is 0 Å². The van der Waals surface area contributed by atoms with Crippen LogP contribution in [-0.2, 0) is 9.47 Å². The molecule has 3 atom stereocenters. The standard InChI is InChI=1S/C20H38N4O2/c1-4-21-19(22-15-16(3)24-10-12-25-13-11-24)23-17-14-18(26-5-2)20(17)8-6-7-9-20/h16-18H,4-15H2,1-3H3,(H2,21,22,23). The van der Waals surface area contributed by atoms with Crippen LogP contribution in [0.25, 0.3) is 0 Å². The Morgan fingerprint density at radius 3 is 2.65 bits per heavy atom. The summed E-state index contributed by atoms with van der Waals surface area (Å²) in [5.41, 5.74) is 0.335. The first-order chi connectivity index (χ1) is 12.7. The SMILES string of the molecule is CCNC(=NCC(C)N1CCOCC1)NC1CC(OCC)C12CCCC2. The van der Waals surface area contributed by atoms with E-state index in [0.29, 0.717) is 23.6 Å². The van der Waals surface area contributed by atoms with Gasteiger partial charge in [0.2, 0.25) is 0 Å². The number of rotatable bonds is 7. The number of hydrogen-bond donors (Lipinski definition) is 2. The van der Waals surface area contributed by atoms with E-state index < -0.39 is 0 Å². The molecule has 2 saturated carbocycles. The summed E-state index contributed by atoms with van der Waals surface area (Å²) in [6.45, 7) is 12.8. The second-order valence-electron chi connectivity index (χ2n) is 8.03. The first kappa shape index (κ1) is 19.9. The monoisotopic (exact) mass is 366 g/mol. The number of nitrogens with one attached hydrogen (secondary N) is 2. The van der Waals surface area contributed by atoms with Crippen LogP contribution in [0.2, 0.25) is 0 Å². The van der Waals surface area contributed by atoms with Crippen LogP contribution < -0.4 is 10.6 Å². The van der Waals surface area contributed by atoms with Gasteiger partial charge < -0.3 is 20.1 Å². The van der Waals surface area contributed by atoms with Crippen LogP contribution in [0.5, 0.6) is 0 Å². The lowest BCUT2D eigenvalue weighted by atomic mass is 9.60. The van der Waals surface area contributed by atoms with Crippen LogP contribution in [0.15, 0.2) is 4.99 Å². The maximum Gasteiger partial charge on any atom is 0.191 e. The average molecular weight is 367 g/mol. The molecule has 2 aliphatic carbocycles. The predicted molar refractivity (Wildman–Crippen MR) is 106 cm³/mol. The molecular weight excluding hydrogens is 328 g/mol. The van der Waals surface area contributed by atoms with Crippen molar-refractivity contribution >= 4 is 5.96 Å².